The molecule has 4 heteroatoms. The molecule has 86 valence electrons. The Bertz CT molecular complexity index is 242. The molecule has 0 aromatic rings. The molecule has 15 heavy (non-hydrogen) atoms. The van der Waals surface area contributed by atoms with Crippen molar-refractivity contribution in [2.45, 2.75) is 20.8 Å². The molecule has 1 aliphatic heterocycles. The Morgan fingerprint density at radius 2 is 2.00 bits per heavy atom. The van der Waals surface area contributed by atoms with Crippen LogP contribution in [0.5, 0.6) is 0 Å². The summed E-state index contributed by atoms with van der Waals surface area (Å²) in [5.74, 6) is 0.480. The van der Waals surface area contributed by atoms with Crippen LogP contribution >= 0.6 is 0 Å². The first kappa shape index (κ1) is 12.0. The molecule has 0 unspecified atom stereocenters. The van der Waals surface area contributed by atoms with Gasteiger partial charge in [-0.05, 0) is 12.8 Å². The fraction of sp³-hybridized carbons (Fsp3) is 0.727. The van der Waals surface area contributed by atoms with E-state index in [1.807, 2.05) is 18.0 Å². The van der Waals surface area contributed by atoms with Gasteiger partial charge in [0.15, 0.2) is 0 Å². The number of urea groups is 1. The second-order valence-corrected chi connectivity index (χ2v) is 4.23. The molecule has 0 saturated carbocycles. The lowest BCUT2D eigenvalue weighted by molar-refractivity contribution is 0.194. The third kappa shape index (κ3) is 3.91. The molecule has 0 spiro atoms. The zero-order chi connectivity index (χ0) is 11.3. The summed E-state index contributed by atoms with van der Waals surface area (Å²) in [6.45, 7) is 9.62. The maximum Gasteiger partial charge on any atom is 0.321 e. The van der Waals surface area contributed by atoms with Crippen LogP contribution in [0.25, 0.3) is 0 Å². The third-order valence-corrected chi connectivity index (χ3v) is 2.74. The number of hydrogen-bond donors (Lipinski definition) is 2. The minimum Gasteiger partial charge on any atom is -0.322 e. The Hall–Kier alpha value is -1.03. The van der Waals surface area contributed by atoms with Gasteiger partial charge in [0.25, 0.3) is 0 Å². The molecule has 2 N–H and O–H groups in total. The fourth-order valence-corrected chi connectivity index (χ4v) is 1.30. The highest BCUT2D eigenvalue weighted by Gasteiger charge is 2.14. The first-order valence-electron chi connectivity index (χ1n) is 5.54. The third-order valence-electron chi connectivity index (χ3n) is 2.74. The van der Waals surface area contributed by atoms with E-state index in [1.54, 1.807) is 0 Å². The summed E-state index contributed by atoms with van der Waals surface area (Å²) < 4.78 is 0. The summed E-state index contributed by atoms with van der Waals surface area (Å²) in [6.07, 6.45) is 1.81. The van der Waals surface area contributed by atoms with Gasteiger partial charge in [-0.25, -0.2) is 4.79 Å². The van der Waals surface area contributed by atoms with Crippen molar-refractivity contribution in [3.63, 3.8) is 0 Å². The van der Waals surface area contributed by atoms with Crippen molar-refractivity contribution in [2.24, 2.45) is 5.92 Å². The number of nitrogens with one attached hydrogen (secondary N) is 2. The van der Waals surface area contributed by atoms with Gasteiger partial charge in [-0.1, -0.05) is 19.4 Å². The number of allylic oxidation sites excluding steroid dienone is 1. The van der Waals surface area contributed by atoms with Gasteiger partial charge in [0.1, 0.15) is 0 Å². The molecule has 1 rings (SSSR count). The Morgan fingerprint density at radius 1 is 1.40 bits per heavy atom. The van der Waals surface area contributed by atoms with Gasteiger partial charge < -0.3 is 15.5 Å². The van der Waals surface area contributed by atoms with E-state index < -0.39 is 0 Å². The quantitative estimate of drug-likeness (QED) is 0.720. The first-order valence-corrected chi connectivity index (χ1v) is 5.54. The predicted octanol–water partition coefficient (Wildman–Crippen LogP) is 1.16. The number of carbonyl (C=O) groups is 1. The van der Waals surface area contributed by atoms with E-state index in [9.17, 15) is 4.79 Å². The average molecular weight is 211 g/mol. The zero-order valence-corrected chi connectivity index (χ0v) is 9.84. The van der Waals surface area contributed by atoms with Crippen molar-refractivity contribution < 1.29 is 4.79 Å². The molecule has 1 aliphatic rings. The van der Waals surface area contributed by atoms with Crippen LogP contribution in [0.2, 0.25) is 0 Å². The second-order valence-electron chi connectivity index (χ2n) is 4.23. The Morgan fingerprint density at radius 3 is 2.53 bits per heavy atom. The summed E-state index contributed by atoms with van der Waals surface area (Å²) >= 11 is 0. The summed E-state index contributed by atoms with van der Waals surface area (Å²) in [7, 11) is 0. The molecule has 0 radical (unpaired) electrons. The van der Waals surface area contributed by atoms with Crippen molar-refractivity contribution in [1.82, 2.24) is 15.5 Å². The number of piperazine rings is 1. The van der Waals surface area contributed by atoms with Gasteiger partial charge in [0.2, 0.25) is 0 Å². The fourth-order valence-electron chi connectivity index (χ4n) is 1.30. The minimum atomic E-state index is 0.0106. The molecule has 0 aromatic heterocycles. The number of nitrogens with zero attached hydrogens (tertiary/aromatic N) is 1. The van der Waals surface area contributed by atoms with E-state index >= 15 is 0 Å². The van der Waals surface area contributed by atoms with Gasteiger partial charge in [0.05, 0.1) is 0 Å². The zero-order valence-electron chi connectivity index (χ0n) is 9.84. The van der Waals surface area contributed by atoms with Gasteiger partial charge in [-0.15, -0.1) is 0 Å². The highest BCUT2D eigenvalue weighted by molar-refractivity contribution is 5.75. The Labute approximate surface area is 91.7 Å². The van der Waals surface area contributed by atoms with Crippen LogP contribution in [0.4, 0.5) is 4.79 Å². The van der Waals surface area contributed by atoms with Crippen molar-refractivity contribution in [3.8, 4) is 0 Å². The number of carbonyl (C=O) groups excluding carboxylic acids is 1. The summed E-state index contributed by atoms with van der Waals surface area (Å²) in [6, 6.07) is 0.0106. The highest BCUT2D eigenvalue weighted by Crippen LogP contribution is 2.06. The lowest BCUT2D eigenvalue weighted by atomic mass is 10.1. The molecule has 1 fully saturated rings. The standard InChI is InChI=1S/C11H21N3O/c1-9(2)10(3)8-13-11(15)14-6-4-12-5-7-14/h8-9,12H,4-7H2,1-3H3,(H,13,15)/b10-8+. The number of rotatable bonds is 2. The molecule has 0 aromatic carbocycles. The van der Waals surface area contributed by atoms with E-state index in [4.69, 9.17) is 0 Å². The lowest BCUT2D eigenvalue weighted by Crippen LogP contribution is -2.49. The maximum absolute atomic E-state index is 11.7. The SMILES string of the molecule is C/C(=C\NC(=O)N1CCNCC1)C(C)C. The van der Waals surface area contributed by atoms with Crippen molar-refractivity contribution in [3.05, 3.63) is 11.8 Å². The molecule has 0 aliphatic carbocycles. The monoisotopic (exact) mass is 211 g/mol. The topological polar surface area (TPSA) is 44.4 Å². The first-order chi connectivity index (χ1) is 7.11. The van der Waals surface area contributed by atoms with Crippen LogP contribution in [-0.2, 0) is 0 Å². The van der Waals surface area contributed by atoms with Crippen LogP contribution in [-0.4, -0.2) is 37.1 Å². The second kappa shape index (κ2) is 5.75. The van der Waals surface area contributed by atoms with Gasteiger partial charge in [0, 0.05) is 32.4 Å². The number of hydrogen-bond acceptors (Lipinski definition) is 2. The van der Waals surface area contributed by atoms with Crippen molar-refractivity contribution >= 4 is 6.03 Å². The Balaban J connectivity index is 2.37. The molecular weight excluding hydrogens is 190 g/mol. The van der Waals surface area contributed by atoms with Crippen LogP contribution < -0.4 is 10.6 Å². The van der Waals surface area contributed by atoms with E-state index in [-0.39, 0.29) is 6.03 Å². The van der Waals surface area contributed by atoms with Crippen LogP contribution in [0.3, 0.4) is 0 Å². The summed E-state index contributed by atoms with van der Waals surface area (Å²) in [5.41, 5.74) is 1.19. The largest absolute Gasteiger partial charge is 0.322 e. The highest BCUT2D eigenvalue weighted by atomic mass is 16.2. The molecule has 2 amide bonds. The van der Waals surface area contributed by atoms with Gasteiger partial charge in [-0.2, -0.15) is 0 Å². The van der Waals surface area contributed by atoms with Crippen LogP contribution in [0.15, 0.2) is 11.8 Å². The normalized spacial score (nSPS) is 18.1. The van der Waals surface area contributed by atoms with Crippen LogP contribution in [0.1, 0.15) is 20.8 Å². The lowest BCUT2D eigenvalue weighted by Gasteiger charge is -2.27. The molecule has 4 nitrogen and oxygen atoms in total. The molecule has 0 bridgehead atoms. The van der Waals surface area contributed by atoms with Crippen LogP contribution in [0, 0.1) is 5.92 Å². The summed E-state index contributed by atoms with van der Waals surface area (Å²) in [5, 5.41) is 6.05. The van der Waals surface area contributed by atoms with Crippen molar-refractivity contribution in [1.29, 1.82) is 0 Å². The van der Waals surface area contributed by atoms with E-state index in [1.165, 1.54) is 5.57 Å². The molecule has 0 atom stereocenters. The smallest absolute Gasteiger partial charge is 0.321 e. The van der Waals surface area contributed by atoms with Gasteiger partial charge >= 0.3 is 6.03 Å². The average Bonchev–Trinajstić information content (AvgIpc) is 2.26. The number of amides is 2. The van der Waals surface area contributed by atoms with Crippen molar-refractivity contribution in [2.75, 3.05) is 26.2 Å². The molecular formula is C11H21N3O. The minimum absolute atomic E-state index is 0.0106. The van der Waals surface area contributed by atoms with E-state index in [2.05, 4.69) is 24.5 Å². The predicted molar refractivity (Wildman–Crippen MR) is 61.6 cm³/mol. The van der Waals surface area contributed by atoms with E-state index in [0.29, 0.717) is 5.92 Å². The summed E-state index contributed by atoms with van der Waals surface area (Å²) in [4.78, 5) is 13.5. The molecule has 1 heterocycles. The van der Waals surface area contributed by atoms with Gasteiger partial charge in [-0.3, -0.25) is 0 Å². The maximum atomic E-state index is 11.7. The molecule has 1 saturated heterocycles. The Kier molecular flexibility index (Phi) is 4.62. The van der Waals surface area contributed by atoms with E-state index in [0.717, 1.165) is 26.2 Å².